The normalized spacial score (nSPS) is 36.6. The van der Waals surface area contributed by atoms with Gasteiger partial charge in [-0.15, -0.1) is 0 Å². The second-order valence-electron chi connectivity index (χ2n) is 18.0. The predicted molar refractivity (Wildman–Crippen MR) is 280 cm³/mol. The van der Waals surface area contributed by atoms with Crippen molar-refractivity contribution in [2.24, 2.45) is 0 Å². The molecule has 2 spiro atoms. The first kappa shape index (κ1) is 46.7. The van der Waals surface area contributed by atoms with Crippen LogP contribution in [0.2, 0.25) is 0 Å². The molecule has 5 heterocycles. The van der Waals surface area contributed by atoms with Crippen molar-refractivity contribution in [3.05, 3.63) is 243 Å². The summed E-state index contributed by atoms with van der Waals surface area (Å²) in [5, 5.41) is -2.44. The van der Waals surface area contributed by atoms with E-state index in [1.807, 2.05) is 36.4 Å². The SMILES string of the molecule is O[Si]1(c2ccccc2)OC23O[Si](c4ccccc4)(O1)O[Si](O)(c1ccccc1)O[Si]2(c1ccccc1)C12O[Si](O)(c4ccccc4)O[Si](c4ccccc4)(O1)O[Si](O)(c1ccccc1)O[Si]32c1ccccc1. The average Bonchev–Trinajstić information content (AvgIpc) is 3.56. The summed E-state index contributed by atoms with van der Waals surface area (Å²) < 4.78 is 76.6. The van der Waals surface area contributed by atoms with Crippen LogP contribution in [0.25, 0.3) is 0 Å². The van der Waals surface area contributed by atoms with Gasteiger partial charge in [-0.2, -0.15) is 0 Å². The van der Waals surface area contributed by atoms with E-state index in [0.29, 0.717) is 20.7 Å². The van der Waals surface area contributed by atoms with Crippen molar-refractivity contribution in [2.75, 3.05) is 0 Å². The van der Waals surface area contributed by atoms with Crippen LogP contribution in [-0.2, 0) is 42.4 Å². The van der Waals surface area contributed by atoms with Gasteiger partial charge in [-0.05, 0) is 10.4 Å². The van der Waals surface area contributed by atoms with Crippen molar-refractivity contribution >= 4 is 111 Å². The molecule has 72 heavy (non-hydrogen) atoms. The van der Waals surface area contributed by atoms with E-state index in [-0.39, 0.29) is 20.7 Å². The molecule has 0 aliphatic carbocycles. The van der Waals surface area contributed by atoms with E-state index in [2.05, 4.69) is 0 Å². The highest BCUT2D eigenvalue weighted by molar-refractivity contribution is 7.30. The molecule has 360 valence electrons. The van der Waals surface area contributed by atoms with Gasteiger partial charge in [-0.1, -0.05) is 243 Å². The number of hydrogen-bond acceptors (Lipinski definition) is 14. The lowest BCUT2D eigenvalue weighted by atomic mass is 10.4. The summed E-state index contributed by atoms with van der Waals surface area (Å²) in [7, 11) is -41.0. The highest BCUT2D eigenvalue weighted by Crippen LogP contribution is 2.68. The summed E-state index contributed by atoms with van der Waals surface area (Å²) in [6, 6.07) is 70.8. The summed E-state index contributed by atoms with van der Waals surface area (Å²) >= 11 is 0. The second-order valence-corrected chi connectivity index (χ2v) is 41.6. The third kappa shape index (κ3) is 6.45. The molecule has 8 aromatic carbocycles. The maximum atomic E-state index is 14.2. The monoisotopic (exact) mass is 1090 g/mol. The van der Waals surface area contributed by atoms with Gasteiger partial charge in [0.15, 0.2) is 0 Å². The van der Waals surface area contributed by atoms with Crippen LogP contribution >= 0.6 is 0 Å². The fourth-order valence-corrected chi connectivity index (χ4v) is 57.1. The molecule has 5 saturated heterocycles. The van der Waals surface area contributed by atoms with E-state index >= 15 is 0 Å². The molecule has 4 bridgehead atoms. The summed E-state index contributed by atoms with van der Waals surface area (Å²) in [5.41, 5.74) is 0. The topological polar surface area (TPSA) is 173 Å². The van der Waals surface area contributed by atoms with Gasteiger partial charge in [0, 0.05) is 31.1 Å². The number of hydrogen-bond donors (Lipinski definition) is 4. The minimum atomic E-state index is -5.28. The molecule has 4 N–H and O–H groups in total. The molecule has 5 fully saturated rings. The minimum Gasteiger partial charge on any atom is -0.401 e. The first-order chi connectivity index (χ1) is 34.9. The second kappa shape index (κ2) is 16.7. The van der Waals surface area contributed by atoms with Crippen molar-refractivity contribution < 1.29 is 61.6 Å². The standard InChI is InChI=1S/C50H44O14Si8/c51-67(43-29-13-3-14-30-43)55-49-57-71(61-67,47-37-21-7-22-38-47)63-69(53,45-33-17-5-18-34-45)59-65(49,41-25-9-1-10-26-41)50-56-68(52,44-31-15-4-16-32-44)62-72(58-50,48-39-23-8-24-40-48)64-70(54,46-35-19-6-20-36-46)60-66(49,50)42-27-11-2-12-28-42/h1-40,51-54H. The van der Waals surface area contributed by atoms with Gasteiger partial charge in [0.25, 0.3) is 0 Å². The first-order valence-corrected chi connectivity index (χ1v) is 37.6. The molecular weight excluding hydrogens is 1050 g/mol. The summed E-state index contributed by atoms with van der Waals surface area (Å²) in [5.74, 6) is 0. The first-order valence-electron chi connectivity index (χ1n) is 23.3. The molecule has 6 unspecified atom stereocenters. The Morgan fingerprint density at radius 3 is 0.694 bits per heavy atom. The van der Waals surface area contributed by atoms with Crippen molar-refractivity contribution in [3.63, 3.8) is 0 Å². The third-order valence-electron chi connectivity index (χ3n) is 13.8. The van der Waals surface area contributed by atoms with E-state index in [1.54, 1.807) is 206 Å². The zero-order valence-corrected chi connectivity index (χ0v) is 46.0. The Balaban J connectivity index is 1.27. The van der Waals surface area contributed by atoms with Crippen LogP contribution in [0.3, 0.4) is 0 Å². The van der Waals surface area contributed by atoms with Gasteiger partial charge in [-0.25, -0.2) is 0 Å². The smallest absolute Gasteiger partial charge is 0.401 e. The highest BCUT2D eigenvalue weighted by Gasteiger charge is 3.07. The van der Waals surface area contributed by atoms with E-state index in [4.69, 9.17) is 42.4 Å². The van der Waals surface area contributed by atoms with Crippen LogP contribution in [0.15, 0.2) is 243 Å². The maximum Gasteiger partial charge on any atom is 0.529 e. The third-order valence-corrected chi connectivity index (χ3v) is 48.5. The molecule has 5 aliphatic heterocycles. The fraction of sp³-hybridized carbons (Fsp3) is 0.0400. The molecule has 14 nitrogen and oxygen atoms in total. The fourth-order valence-electron chi connectivity index (χ4n) is 10.8. The molecule has 8 aromatic rings. The van der Waals surface area contributed by atoms with Crippen LogP contribution in [0.1, 0.15) is 0 Å². The van der Waals surface area contributed by atoms with E-state index in [1.165, 1.54) is 0 Å². The van der Waals surface area contributed by atoms with Crippen molar-refractivity contribution in [3.8, 4) is 0 Å². The Morgan fingerprint density at radius 2 is 0.431 bits per heavy atom. The minimum absolute atomic E-state index is 0.251. The maximum absolute atomic E-state index is 14.2. The number of benzene rings is 8. The lowest BCUT2D eigenvalue weighted by Crippen LogP contribution is -3.14. The Morgan fingerprint density at radius 1 is 0.222 bits per heavy atom. The van der Waals surface area contributed by atoms with Gasteiger partial charge >= 0.3 is 69.5 Å². The van der Waals surface area contributed by atoms with Crippen molar-refractivity contribution in [1.29, 1.82) is 0 Å². The number of fused-ring (bicyclic) bond motifs is 2. The highest BCUT2D eigenvalue weighted by atomic mass is 28.6. The van der Waals surface area contributed by atoms with Gasteiger partial charge in [0.2, 0.25) is 10.1 Å². The summed E-state index contributed by atoms with van der Waals surface area (Å²) in [4.78, 5) is 56.5. The lowest BCUT2D eigenvalue weighted by molar-refractivity contribution is -0.180. The van der Waals surface area contributed by atoms with Crippen LogP contribution in [0, 0.1) is 0 Å². The Bertz CT molecular complexity index is 3040. The van der Waals surface area contributed by atoms with Gasteiger partial charge < -0.3 is 61.6 Å². The Labute approximate surface area is 422 Å². The molecule has 0 radical (unpaired) electrons. The van der Waals surface area contributed by atoms with Crippen LogP contribution in [-0.4, -0.2) is 98.7 Å². The van der Waals surface area contributed by atoms with E-state index < -0.39 is 79.5 Å². The average molecular weight is 1090 g/mol. The van der Waals surface area contributed by atoms with Crippen LogP contribution in [0.4, 0.5) is 0 Å². The molecule has 0 aromatic heterocycles. The molecule has 13 rings (SSSR count). The molecule has 0 saturated carbocycles. The Hall–Kier alpha value is -5.06. The molecule has 0 amide bonds. The molecule has 5 aliphatic rings. The number of rotatable bonds is 8. The molecular formula is C50H44O14Si8. The van der Waals surface area contributed by atoms with Crippen LogP contribution in [0.5, 0.6) is 0 Å². The summed E-state index contributed by atoms with van der Waals surface area (Å²) in [6.07, 6.45) is 0. The van der Waals surface area contributed by atoms with Crippen LogP contribution < -0.4 is 41.5 Å². The largest absolute Gasteiger partial charge is 0.529 e. The molecule has 22 heteroatoms. The quantitative estimate of drug-likeness (QED) is 0.155. The van der Waals surface area contributed by atoms with Gasteiger partial charge in [-0.3, -0.25) is 0 Å². The summed E-state index contributed by atoms with van der Waals surface area (Å²) in [6.45, 7) is 0. The van der Waals surface area contributed by atoms with E-state index in [9.17, 15) is 19.2 Å². The van der Waals surface area contributed by atoms with E-state index in [0.717, 1.165) is 0 Å². The van der Waals surface area contributed by atoms with Gasteiger partial charge in [0.1, 0.15) is 0 Å². The van der Waals surface area contributed by atoms with Crippen molar-refractivity contribution in [2.45, 2.75) is 10.1 Å². The Kier molecular flexibility index (Phi) is 10.8. The lowest BCUT2D eigenvalue weighted by Gasteiger charge is -2.76. The predicted octanol–water partition coefficient (Wildman–Crippen LogP) is 0.521. The molecule has 6 atom stereocenters. The van der Waals surface area contributed by atoms with Crippen molar-refractivity contribution in [1.82, 2.24) is 0 Å². The zero-order valence-electron chi connectivity index (χ0n) is 38.0. The zero-order chi connectivity index (χ0) is 49.0. The van der Waals surface area contributed by atoms with Gasteiger partial charge in [0.05, 0.1) is 0 Å².